The molecule has 1 saturated heterocycles. The summed E-state index contributed by atoms with van der Waals surface area (Å²) in [5.74, 6) is -0.0836. The zero-order valence-corrected chi connectivity index (χ0v) is 15.6. The van der Waals surface area contributed by atoms with Crippen LogP contribution in [0.1, 0.15) is 21.5 Å². The van der Waals surface area contributed by atoms with Crippen molar-refractivity contribution in [2.45, 2.75) is 6.54 Å². The maximum atomic E-state index is 12.4. The minimum Gasteiger partial charge on any atom is -0.355 e. The summed E-state index contributed by atoms with van der Waals surface area (Å²) in [6.07, 6.45) is 3.41. The largest absolute Gasteiger partial charge is 0.355 e. The average molecular weight is 363 g/mol. The first-order chi connectivity index (χ1) is 13.2. The zero-order valence-electron chi connectivity index (χ0n) is 15.6. The topological polar surface area (TPSA) is 52.7 Å². The van der Waals surface area contributed by atoms with E-state index in [0.29, 0.717) is 5.56 Å². The van der Waals surface area contributed by atoms with Crippen molar-refractivity contribution in [1.82, 2.24) is 15.1 Å². The van der Waals surface area contributed by atoms with Gasteiger partial charge in [0, 0.05) is 51.4 Å². The summed E-state index contributed by atoms with van der Waals surface area (Å²) < 4.78 is 0. The Hall–Kier alpha value is -2.92. The number of benzene rings is 2. The Morgan fingerprint density at radius 2 is 1.63 bits per heavy atom. The standard InChI is InChI=1S/C22H25N3O2/c1-23-22(27)20-10-7-18(8-11-20)9-12-21(26)25-15-13-24(14-16-25)17-19-5-3-2-4-6-19/h2-12H,13-17H2,1H3,(H,23,27)/b12-9+. The molecule has 0 aliphatic carbocycles. The quantitative estimate of drug-likeness (QED) is 0.830. The number of carbonyl (C=O) groups is 2. The highest BCUT2D eigenvalue weighted by molar-refractivity contribution is 5.94. The number of rotatable bonds is 5. The average Bonchev–Trinajstić information content (AvgIpc) is 2.73. The fourth-order valence-corrected chi connectivity index (χ4v) is 3.13. The molecule has 2 aromatic carbocycles. The summed E-state index contributed by atoms with van der Waals surface area (Å²) in [7, 11) is 1.61. The lowest BCUT2D eigenvalue weighted by molar-refractivity contribution is -0.127. The number of amides is 2. The van der Waals surface area contributed by atoms with Crippen LogP contribution in [0.3, 0.4) is 0 Å². The van der Waals surface area contributed by atoms with Gasteiger partial charge < -0.3 is 10.2 Å². The van der Waals surface area contributed by atoms with E-state index < -0.39 is 0 Å². The monoisotopic (exact) mass is 363 g/mol. The number of piperazine rings is 1. The summed E-state index contributed by atoms with van der Waals surface area (Å²) in [5.41, 5.74) is 2.81. The first kappa shape index (κ1) is 18.9. The lowest BCUT2D eigenvalue weighted by Gasteiger charge is -2.34. The van der Waals surface area contributed by atoms with E-state index in [1.807, 2.05) is 23.1 Å². The fourth-order valence-electron chi connectivity index (χ4n) is 3.13. The summed E-state index contributed by atoms with van der Waals surface area (Å²) in [4.78, 5) is 28.2. The van der Waals surface area contributed by atoms with Crippen molar-refractivity contribution in [3.8, 4) is 0 Å². The van der Waals surface area contributed by atoms with Crippen LogP contribution in [0.4, 0.5) is 0 Å². The molecular formula is C22H25N3O2. The van der Waals surface area contributed by atoms with Crippen molar-refractivity contribution in [2.24, 2.45) is 0 Å². The van der Waals surface area contributed by atoms with Gasteiger partial charge in [0.1, 0.15) is 0 Å². The van der Waals surface area contributed by atoms with Crippen molar-refractivity contribution >= 4 is 17.9 Å². The van der Waals surface area contributed by atoms with Crippen LogP contribution < -0.4 is 5.32 Å². The third-order valence-electron chi connectivity index (χ3n) is 4.75. The second-order valence-corrected chi connectivity index (χ2v) is 6.62. The van der Waals surface area contributed by atoms with Crippen LogP contribution in [-0.2, 0) is 11.3 Å². The van der Waals surface area contributed by atoms with Gasteiger partial charge in [0.25, 0.3) is 5.91 Å². The second-order valence-electron chi connectivity index (χ2n) is 6.62. The molecule has 140 valence electrons. The molecule has 0 saturated carbocycles. The number of hydrogen-bond acceptors (Lipinski definition) is 3. The lowest BCUT2D eigenvalue weighted by Crippen LogP contribution is -2.47. The summed E-state index contributed by atoms with van der Waals surface area (Å²) >= 11 is 0. The molecule has 27 heavy (non-hydrogen) atoms. The molecular weight excluding hydrogens is 338 g/mol. The Morgan fingerprint density at radius 3 is 2.26 bits per heavy atom. The molecule has 0 aromatic heterocycles. The molecule has 0 bridgehead atoms. The van der Waals surface area contributed by atoms with Crippen molar-refractivity contribution < 1.29 is 9.59 Å². The molecule has 1 aliphatic rings. The number of nitrogens with one attached hydrogen (secondary N) is 1. The lowest BCUT2D eigenvalue weighted by atomic mass is 10.1. The highest BCUT2D eigenvalue weighted by Gasteiger charge is 2.19. The SMILES string of the molecule is CNC(=O)c1ccc(/C=C/C(=O)N2CCN(Cc3ccccc3)CC2)cc1. The maximum Gasteiger partial charge on any atom is 0.251 e. The fraction of sp³-hybridized carbons (Fsp3) is 0.273. The molecule has 2 aromatic rings. The number of hydrogen-bond donors (Lipinski definition) is 1. The first-order valence-electron chi connectivity index (χ1n) is 9.21. The van der Waals surface area contributed by atoms with E-state index in [0.717, 1.165) is 38.3 Å². The van der Waals surface area contributed by atoms with Crippen LogP contribution in [0.5, 0.6) is 0 Å². The normalized spacial score (nSPS) is 15.1. The van der Waals surface area contributed by atoms with Crippen LogP contribution in [0, 0.1) is 0 Å². The molecule has 1 heterocycles. The Morgan fingerprint density at radius 1 is 0.963 bits per heavy atom. The molecule has 1 N–H and O–H groups in total. The van der Waals surface area contributed by atoms with Gasteiger partial charge in [-0.25, -0.2) is 0 Å². The van der Waals surface area contributed by atoms with E-state index in [1.165, 1.54) is 5.56 Å². The highest BCUT2D eigenvalue weighted by atomic mass is 16.2. The molecule has 5 heteroatoms. The van der Waals surface area contributed by atoms with E-state index in [9.17, 15) is 9.59 Å². The highest BCUT2D eigenvalue weighted by Crippen LogP contribution is 2.10. The van der Waals surface area contributed by atoms with Crippen molar-refractivity contribution in [1.29, 1.82) is 0 Å². The van der Waals surface area contributed by atoms with Crippen LogP contribution >= 0.6 is 0 Å². The predicted octanol–water partition coefficient (Wildman–Crippen LogP) is 2.40. The third-order valence-corrected chi connectivity index (χ3v) is 4.75. The Kier molecular flexibility index (Phi) is 6.39. The van der Waals surface area contributed by atoms with E-state index in [-0.39, 0.29) is 11.8 Å². The Bertz CT molecular complexity index is 792. The maximum absolute atomic E-state index is 12.4. The van der Waals surface area contributed by atoms with Crippen LogP contribution in [-0.4, -0.2) is 54.8 Å². The molecule has 1 fully saturated rings. The molecule has 0 unspecified atom stereocenters. The summed E-state index contributed by atoms with van der Waals surface area (Å²) in [5, 5.41) is 2.59. The van der Waals surface area contributed by atoms with Crippen molar-refractivity contribution in [3.05, 3.63) is 77.4 Å². The van der Waals surface area contributed by atoms with E-state index in [1.54, 1.807) is 31.3 Å². The second kappa shape index (κ2) is 9.14. The molecule has 5 nitrogen and oxygen atoms in total. The van der Waals surface area contributed by atoms with Gasteiger partial charge in [0.15, 0.2) is 0 Å². The van der Waals surface area contributed by atoms with Gasteiger partial charge in [-0.3, -0.25) is 14.5 Å². The molecule has 3 rings (SSSR count). The molecule has 0 radical (unpaired) electrons. The Balaban J connectivity index is 1.49. The number of carbonyl (C=O) groups excluding carboxylic acids is 2. The van der Waals surface area contributed by atoms with Crippen molar-refractivity contribution in [2.75, 3.05) is 33.2 Å². The number of nitrogens with zero attached hydrogens (tertiary/aromatic N) is 2. The third kappa shape index (κ3) is 5.28. The predicted molar refractivity (Wildman–Crippen MR) is 107 cm³/mol. The van der Waals surface area contributed by atoms with Crippen molar-refractivity contribution in [3.63, 3.8) is 0 Å². The van der Waals surface area contributed by atoms with Crippen LogP contribution in [0.25, 0.3) is 6.08 Å². The van der Waals surface area contributed by atoms with E-state index >= 15 is 0 Å². The van der Waals surface area contributed by atoms with Gasteiger partial charge in [-0.2, -0.15) is 0 Å². The zero-order chi connectivity index (χ0) is 19.1. The minimum absolute atomic E-state index is 0.0322. The van der Waals surface area contributed by atoms with Gasteiger partial charge in [-0.1, -0.05) is 42.5 Å². The van der Waals surface area contributed by atoms with E-state index in [4.69, 9.17) is 0 Å². The van der Waals surface area contributed by atoms with Crippen LogP contribution in [0.15, 0.2) is 60.7 Å². The molecule has 0 spiro atoms. The van der Waals surface area contributed by atoms with Gasteiger partial charge in [0.2, 0.25) is 5.91 Å². The molecule has 0 atom stereocenters. The van der Waals surface area contributed by atoms with Gasteiger partial charge in [0.05, 0.1) is 0 Å². The van der Waals surface area contributed by atoms with Gasteiger partial charge >= 0.3 is 0 Å². The smallest absolute Gasteiger partial charge is 0.251 e. The van der Waals surface area contributed by atoms with Gasteiger partial charge in [-0.15, -0.1) is 0 Å². The van der Waals surface area contributed by atoms with Gasteiger partial charge in [-0.05, 0) is 29.3 Å². The summed E-state index contributed by atoms with van der Waals surface area (Å²) in [6.45, 7) is 4.18. The van der Waals surface area contributed by atoms with E-state index in [2.05, 4.69) is 34.5 Å². The molecule has 2 amide bonds. The summed E-state index contributed by atoms with van der Waals surface area (Å²) in [6, 6.07) is 17.6. The molecule has 1 aliphatic heterocycles. The first-order valence-corrected chi connectivity index (χ1v) is 9.21. The van der Waals surface area contributed by atoms with Crippen LogP contribution in [0.2, 0.25) is 0 Å². The Labute approximate surface area is 160 Å². The minimum atomic E-state index is -0.116.